The van der Waals surface area contributed by atoms with Crippen LogP contribution in [0.25, 0.3) is 0 Å². The van der Waals surface area contributed by atoms with Gasteiger partial charge in [-0.25, -0.2) is 0 Å². The number of nitrogens with one attached hydrogen (secondary N) is 1. The number of carbonyl (C=O) groups excluding carboxylic acids is 1. The van der Waals surface area contributed by atoms with Gasteiger partial charge in [-0.2, -0.15) is 0 Å². The molecule has 1 amide bonds. The van der Waals surface area contributed by atoms with E-state index in [0.29, 0.717) is 12.1 Å². The summed E-state index contributed by atoms with van der Waals surface area (Å²) < 4.78 is 0. The number of benzene rings is 1. The van der Waals surface area contributed by atoms with Gasteiger partial charge in [0.2, 0.25) is 0 Å². The van der Waals surface area contributed by atoms with Crippen LogP contribution < -0.4 is 5.32 Å². The Morgan fingerprint density at radius 1 is 1.16 bits per heavy atom. The molecule has 1 heterocycles. The van der Waals surface area contributed by atoms with Crippen molar-refractivity contribution in [3.05, 3.63) is 65.0 Å². The average molecular weight is 254 g/mol. The van der Waals surface area contributed by atoms with Gasteiger partial charge in [0.25, 0.3) is 5.91 Å². The van der Waals surface area contributed by atoms with Gasteiger partial charge >= 0.3 is 0 Å². The maximum Gasteiger partial charge on any atom is 0.251 e. The lowest BCUT2D eigenvalue weighted by atomic mass is 10.1. The monoisotopic (exact) mass is 254 g/mol. The molecule has 3 nitrogen and oxygen atoms in total. The van der Waals surface area contributed by atoms with Crippen LogP contribution in [0.2, 0.25) is 0 Å². The van der Waals surface area contributed by atoms with E-state index in [1.54, 1.807) is 12.4 Å². The van der Waals surface area contributed by atoms with Crippen molar-refractivity contribution < 1.29 is 4.79 Å². The summed E-state index contributed by atoms with van der Waals surface area (Å²) in [6, 6.07) is 9.73. The number of rotatable bonds is 4. The van der Waals surface area contributed by atoms with Crippen LogP contribution in [0.4, 0.5) is 0 Å². The second kappa shape index (κ2) is 6.14. The first kappa shape index (κ1) is 13.3. The molecular weight excluding hydrogens is 236 g/mol. The van der Waals surface area contributed by atoms with Crippen molar-refractivity contribution in [1.82, 2.24) is 10.3 Å². The van der Waals surface area contributed by atoms with Crippen molar-refractivity contribution >= 4 is 5.91 Å². The Kier molecular flexibility index (Phi) is 4.29. The maximum absolute atomic E-state index is 12.0. The normalized spacial score (nSPS) is 10.2. The first-order valence-electron chi connectivity index (χ1n) is 6.46. The minimum absolute atomic E-state index is 0.0517. The summed E-state index contributed by atoms with van der Waals surface area (Å²) in [6.07, 6.45) is 4.55. The van der Waals surface area contributed by atoms with E-state index in [-0.39, 0.29) is 5.91 Å². The summed E-state index contributed by atoms with van der Waals surface area (Å²) >= 11 is 0. The molecule has 98 valence electrons. The number of pyridine rings is 1. The van der Waals surface area contributed by atoms with Crippen molar-refractivity contribution in [1.29, 1.82) is 0 Å². The van der Waals surface area contributed by atoms with E-state index in [1.165, 1.54) is 5.56 Å². The second-order valence-electron chi connectivity index (χ2n) is 4.60. The first-order valence-corrected chi connectivity index (χ1v) is 6.46. The minimum atomic E-state index is -0.0517. The summed E-state index contributed by atoms with van der Waals surface area (Å²) in [6.45, 7) is 4.59. The fourth-order valence-corrected chi connectivity index (χ4v) is 1.89. The molecule has 0 aliphatic rings. The first-order chi connectivity index (χ1) is 9.19. The third-order valence-electron chi connectivity index (χ3n) is 3.01. The van der Waals surface area contributed by atoms with Crippen LogP contribution in [0.15, 0.2) is 42.7 Å². The molecule has 0 aliphatic carbocycles. The molecule has 2 rings (SSSR count). The molecule has 3 heteroatoms. The van der Waals surface area contributed by atoms with E-state index >= 15 is 0 Å². The second-order valence-corrected chi connectivity index (χ2v) is 4.60. The summed E-state index contributed by atoms with van der Waals surface area (Å²) in [5.41, 5.74) is 4.04. The molecule has 0 saturated carbocycles. The quantitative estimate of drug-likeness (QED) is 0.911. The molecule has 0 saturated heterocycles. The van der Waals surface area contributed by atoms with Gasteiger partial charge in [-0.3, -0.25) is 9.78 Å². The predicted molar refractivity (Wildman–Crippen MR) is 76.0 cm³/mol. The Morgan fingerprint density at radius 3 is 2.53 bits per heavy atom. The van der Waals surface area contributed by atoms with Gasteiger partial charge in [0.15, 0.2) is 0 Å². The Bertz CT molecular complexity index is 561. The Morgan fingerprint density at radius 2 is 1.89 bits per heavy atom. The van der Waals surface area contributed by atoms with Crippen LogP contribution in [0.3, 0.4) is 0 Å². The van der Waals surface area contributed by atoms with Crippen molar-refractivity contribution in [2.24, 2.45) is 0 Å². The van der Waals surface area contributed by atoms with Crippen LogP contribution in [-0.2, 0) is 13.0 Å². The lowest BCUT2D eigenvalue weighted by molar-refractivity contribution is 0.0951. The summed E-state index contributed by atoms with van der Waals surface area (Å²) in [5, 5.41) is 2.90. The Balaban J connectivity index is 1.97. The highest BCUT2D eigenvalue weighted by atomic mass is 16.1. The van der Waals surface area contributed by atoms with Crippen molar-refractivity contribution in [3.63, 3.8) is 0 Å². The zero-order valence-corrected chi connectivity index (χ0v) is 11.3. The van der Waals surface area contributed by atoms with E-state index < -0.39 is 0 Å². The number of hydrogen-bond donors (Lipinski definition) is 1. The standard InChI is InChI=1S/C16H18N2O/c1-3-13-4-6-15(7-5-13)16(19)18-11-14-8-12(2)9-17-10-14/h4-10H,3,11H2,1-2H3,(H,18,19). The van der Waals surface area contributed by atoms with E-state index in [1.807, 2.05) is 37.3 Å². The van der Waals surface area contributed by atoms with Gasteiger partial charge in [-0.1, -0.05) is 25.1 Å². The predicted octanol–water partition coefficient (Wildman–Crippen LogP) is 2.88. The van der Waals surface area contributed by atoms with Crippen LogP contribution in [0.1, 0.15) is 34.0 Å². The molecular formula is C16H18N2O. The maximum atomic E-state index is 12.0. The number of aromatic nitrogens is 1. The van der Waals surface area contributed by atoms with E-state index in [9.17, 15) is 4.79 Å². The van der Waals surface area contributed by atoms with Crippen LogP contribution in [0, 0.1) is 6.92 Å². The van der Waals surface area contributed by atoms with Gasteiger partial charge in [0, 0.05) is 24.5 Å². The third kappa shape index (κ3) is 3.65. The van der Waals surface area contributed by atoms with E-state index in [2.05, 4.69) is 17.2 Å². The molecule has 0 atom stereocenters. The van der Waals surface area contributed by atoms with Gasteiger partial charge < -0.3 is 5.32 Å². The highest BCUT2D eigenvalue weighted by Gasteiger charge is 2.05. The van der Waals surface area contributed by atoms with Crippen molar-refractivity contribution in [3.8, 4) is 0 Å². The molecule has 1 aromatic carbocycles. The lowest BCUT2D eigenvalue weighted by Crippen LogP contribution is -2.22. The Labute approximate surface area is 113 Å². The summed E-state index contributed by atoms with van der Waals surface area (Å²) in [5.74, 6) is -0.0517. The lowest BCUT2D eigenvalue weighted by Gasteiger charge is -2.06. The van der Waals surface area contributed by atoms with Crippen LogP contribution in [0.5, 0.6) is 0 Å². The zero-order valence-electron chi connectivity index (χ0n) is 11.3. The van der Waals surface area contributed by atoms with E-state index in [4.69, 9.17) is 0 Å². The summed E-state index contributed by atoms with van der Waals surface area (Å²) in [7, 11) is 0. The average Bonchev–Trinajstić information content (AvgIpc) is 2.45. The van der Waals surface area contributed by atoms with E-state index in [0.717, 1.165) is 17.5 Å². The molecule has 0 radical (unpaired) electrons. The molecule has 0 spiro atoms. The van der Waals surface area contributed by atoms with Gasteiger partial charge in [0.1, 0.15) is 0 Å². The number of nitrogens with zero attached hydrogens (tertiary/aromatic N) is 1. The fraction of sp³-hybridized carbons (Fsp3) is 0.250. The molecule has 19 heavy (non-hydrogen) atoms. The Hall–Kier alpha value is -2.16. The van der Waals surface area contributed by atoms with Crippen molar-refractivity contribution in [2.75, 3.05) is 0 Å². The largest absolute Gasteiger partial charge is 0.348 e. The van der Waals surface area contributed by atoms with Crippen molar-refractivity contribution in [2.45, 2.75) is 26.8 Å². The molecule has 2 aromatic rings. The molecule has 0 unspecified atom stereocenters. The number of carbonyl (C=O) groups is 1. The minimum Gasteiger partial charge on any atom is -0.348 e. The van der Waals surface area contributed by atoms with Crippen LogP contribution in [-0.4, -0.2) is 10.9 Å². The molecule has 1 N–H and O–H groups in total. The van der Waals surface area contributed by atoms with Gasteiger partial charge in [-0.05, 0) is 42.2 Å². The topological polar surface area (TPSA) is 42.0 Å². The zero-order chi connectivity index (χ0) is 13.7. The van der Waals surface area contributed by atoms with Gasteiger partial charge in [0.05, 0.1) is 0 Å². The molecule has 0 aliphatic heterocycles. The highest BCUT2D eigenvalue weighted by molar-refractivity contribution is 5.94. The van der Waals surface area contributed by atoms with Crippen LogP contribution >= 0.6 is 0 Å². The number of aryl methyl sites for hydroxylation is 2. The summed E-state index contributed by atoms with van der Waals surface area (Å²) in [4.78, 5) is 16.1. The van der Waals surface area contributed by atoms with Gasteiger partial charge in [-0.15, -0.1) is 0 Å². The number of amides is 1. The number of hydrogen-bond acceptors (Lipinski definition) is 2. The fourth-order valence-electron chi connectivity index (χ4n) is 1.89. The molecule has 1 aromatic heterocycles. The highest BCUT2D eigenvalue weighted by Crippen LogP contribution is 2.06. The third-order valence-corrected chi connectivity index (χ3v) is 3.01. The smallest absolute Gasteiger partial charge is 0.251 e. The molecule has 0 bridgehead atoms. The SMILES string of the molecule is CCc1ccc(C(=O)NCc2cncc(C)c2)cc1. The molecule has 0 fully saturated rings.